The van der Waals surface area contributed by atoms with Gasteiger partial charge in [-0.25, -0.2) is 4.79 Å². The number of aryl methyl sites for hydroxylation is 1. The van der Waals surface area contributed by atoms with Crippen LogP contribution in [0.15, 0.2) is 82.2 Å². The van der Waals surface area contributed by atoms with Crippen molar-refractivity contribution >= 4 is 16.9 Å². The minimum absolute atomic E-state index is 0.0529. The molecule has 0 saturated carbocycles. The first-order valence-electron chi connectivity index (χ1n) is 10.7. The number of carbonyl (C=O) groups is 1. The van der Waals surface area contributed by atoms with Gasteiger partial charge in [0.1, 0.15) is 30.0 Å². The van der Waals surface area contributed by atoms with E-state index < -0.39 is 5.97 Å². The quantitative estimate of drug-likeness (QED) is 0.309. The van der Waals surface area contributed by atoms with E-state index >= 15 is 0 Å². The van der Waals surface area contributed by atoms with Crippen LogP contribution >= 0.6 is 0 Å². The molecular formula is C27H24O6. The monoisotopic (exact) mass is 444 g/mol. The zero-order valence-electron chi connectivity index (χ0n) is 18.5. The van der Waals surface area contributed by atoms with Gasteiger partial charge in [-0.2, -0.15) is 0 Å². The lowest BCUT2D eigenvalue weighted by Crippen LogP contribution is -2.06. The summed E-state index contributed by atoms with van der Waals surface area (Å²) in [5.74, 6) is 0.670. The lowest BCUT2D eigenvalue weighted by Gasteiger charge is -2.09. The number of hydrogen-bond donors (Lipinski definition) is 0. The molecular weight excluding hydrogens is 420 g/mol. The predicted molar refractivity (Wildman–Crippen MR) is 125 cm³/mol. The highest BCUT2D eigenvalue weighted by Crippen LogP contribution is 2.25. The molecule has 6 heteroatoms. The molecule has 1 heterocycles. The minimum atomic E-state index is -0.394. The Kier molecular flexibility index (Phi) is 6.74. The van der Waals surface area contributed by atoms with Gasteiger partial charge in [0, 0.05) is 6.07 Å². The van der Waals surface area contributed by atoms with Gasteiger partial charge in [-0.1, -0.05) is 36.8 Å². The number of esters is 1. The molecule has 0 atom stereocenters. The summed E-state index contributed by atoms with van der Waals surface area (Å²) >= 11 is 0. The number of benzene rings is 3. The number of rotatable bonds is 8. The van der Waals surface area contributed by atoms with E-state index in [0.29, 0.717) is 41.2 Å². The van der Waals surface area contributed by atoms with Crippen LogP contribution in [0.1, 0.15) is 34.8 Å². The van der Waals surface area contributed by atoms with Crippen molar-refractivity contribution in [2.24, 2.45) is 0 Å². The molecule has 0 radical (unpaired) electrons. The highest BCUT2D eigenvalue weighted by atomic mass is 16.5. The number of hydrogen-bond acceptors (Lipinski definition) is 6. The molecule has 0 bridgehead atoms. The van der Waals surface area contributed by atoms with Gasteiger partial charge in [0.2, 0.25) is 11.2 Å². The fraction of sp³-hybridized carbons (Fsp3) is 0.185. The second kappa shape index (κ2) is 10.0. The fourth-order valence-electron chi connectivity index (χ4n) is 3.17. The fourth-order valence-corrected chi connectivity index (χ4v) is 3.17. The number of carbonyl (C=O) groups excluding carboxylic acids is 1. The van der Waals surface area contributed by atoms with Gasteiger partial charge in [0.25, 0.3) is 0 Å². The van der Waals surface area contributed by atoms with Gasteiger partial charge >= 0.3 is 5.97 Å². The van der Waals surface area contributed by atoms with Crippen molar-refractivity contribution in [1.82, 2.24) is 0 Å². The van der Waals surface area contributed by atoms with E-state index in [9.17, 15) is 9.59 Å². The number of ether oxygens (including phenoxy) is 3. The lowest BCUT2D eigenvalue weighted by molar-refractivity contribution is 0.0505. The molecule has 0 unspecified atom stereocenters. The summed E-state index contributed by atoms with van der Waals surface area (Å²) in [4.78, 5) is 24.8. The molecule has 1 aromatic heterocycles. The average Bonchev–Trinajstić information content (AvgIpc) is 2.84. The molecule has 0 aliphatic rings. The molecule has 4 rings (SSSR count). The third-order valence-electron chi connectivity index (χ3n) is 5.00. The Morgan fingerprint density at radius 3 is 2.39 bits per heavy atom. The maximum absolute atomic E-state index is 12.8. The van der Waals surface area contributed by atoms with Crippen molar-refractivity contribution in [1.29, 1.82) is 0 Å². The van der Waals surface area contributed by atoms with Crippen LogP contribution < -0.4 is 14.9 Å². The molecule has 0 amide bonds. The molecule has 0 fully saturated rings. The molecule has 3 aromatic carbocycles. The topological polar surface area (TPSA) is 75.0 Å². The van der Waals surface area contributed by atoms with Crippen LogP contribution in [0.4, 0.5) is 0 Å². The molecule has 6 nitrogen and oxygen atoms in total. The Bertz CT molecular complexity index is 1300. The second-order valence-corrected chi connectivity index (χ2v) is 7.62. The van der Waals surface area contributed by atoms with Crippen LogP contribution in [0.3, 0.4) is 0 Å². The van der Waals surface area contributed by atoms with Gasteiger partial charge in [-0.05, 0) is 55.3 Å². The summed E-state index contributed by atoms with van der Waals surface area (Å²) in [6.07, 6.45) is 2.03. The summed E-state index contributed by atoms with van der Waals surface area (Å²) in [7, 11) is 0. The van der Waals surface area contributed by atoms with Gasteiger partial charge in [0.15, 0.2) is 0 Å². The molecule has 0 aliphatic heterocycles. The zero-order chi connectivity index (χ0) is 23.2. The lowest BCUT2D eigenvalue weighted by atomic mass is 10.2. The van der Waals surface area contributed by atoms with Crippen molar-refractivity contribution in [2.75, 3.05) is 6.61 Å². The van der Waals surface area contributed by atoms with Crippen LogP contribution in [-0.2, 0) is 11.3 Å². The number of fused-ring (bicyclic) bond motifs is 1. The summed E-state index contributed by atoms with van der Waals surface area (Å²) in [5, 5.41) is 0.384. The van der Waals surface area contributed by atoms with Crippen LogP contribution in [0.25, 0.3) is 11.0 Å². The third kappa shape index (κ3) is 5.41. The summed E-state index contributed by atoms with van der Waals surface area (Å²) in [6.45, 7) is 4.75. The summed E-state index contributed by atoms with van der Waals surface area (Å²) < 4.78 is 22.3. The highest BCUT2D eigenvalue weighted by molar-refractivity contribution is 5.89. The molecule has 168 valence electrons. The SMILES string of the molecule is CCCOC(=O)c1ccc(Oc2coc3cc(OCc4ccc(C)cc4)ccc3c2=O)cc1. The first-order chi connectivity index (χ1) is 16.0. The maximum atomic E-state index is 12.8. The smallest absolute Gasteiger partial charge is 0.338 e. The van der Waals surface area contributed by atoms with E-state index in [1.165, 1.54) is 11.8 Å². The van der Waals surface area contributed by atoms with Crippen molar-refractivity contribution in [3.63, 3.8) is 0 Å². The summed E-state index contributed by atoms with van der Waals surface area (Å²) in [5.41, 5.74) is 2.76. The molecule has 0 aliphatic carbocycles. The molecule has 0 spiro atoms. The Morgan fingerprint density at radius 1 is 0.939 bits per heavy atom. The normalized spacial score (nSPS) is 10.7. The van der Waals surface area contributed by atoms with Crippen molar-refractivity contribution in [3.05, 3.63) is 99.9 Å². The Balaban J connectivity index is 1.46. The largest absolute Gasteiger partial charge is 0.489 e. The zero-order valence-corrected chi connectivity index (χ0v) is 18.5. The van der Waals surface area contributed by atoms with Crippen molar-refractivity contribution in [2.45, 2.75) is 26.9 Å². The Morgan fingerprint density at radius 2 is 1.67 bits per heavy atom. The average molecular weight is 444 g/mol. The van der Waals surface area contributed by atoms with E-state index in [1.807, 2.05) is 38.1 Å². The minimum Gasteiger partial charge on any atom is -0.489 e. The predicted octanol–water partition coefficient (Wildman–Crippen LogP) is 6.04. The Labute approximate surface area is 191 Å². The van der Waals surface area contributed by atoms with Crippen LogP contribution in [0.2, 0.25) is 0 Å². The van der Waals surface area contributed by atoms with E-state index in [2.05, 4.69) is 0 Å². The van der Waals surface area contributed by atoms with Gasteiger partial charge in [0.05, 0.1) is 17.6 Å². The molecule has 0 N–H and O–H groups in total. The van der Waals surface area contributed by atoms with Crippen LogP contribution in [0, 0.1) is 6.92 Å². The maximum Gasteiger partial charge on any atom is 0.338 e. The third-order valence-corrected chi connectivity index (χ3v) is 5.00. The highest BCUT2D eigenvalue weighted by Gasteiger charge is 2.12. The molecule has 33 heavy (non-hydrogen) atoms. The van der Waals surface area contributed by atoms with Crippen molar-refractivity contribution in [3.8, 4) is 17.2 Å². The van der Waals surface area contributed by atoms with Crippen molar-refractivity contribution < 1.29 is 23.4 Å². The molecule has 4 aromatic rings. The van der Waals surface area contributed by atoms with Gasteiger partial charge in [-0.15, -0.1) is 0 Å². The Hall–Kier alpha value is -4.06. The standard InChI is InChI=1S/C27H24O6/c1-3-14-30-27(29)20-8-10-21(11-9-20)33-25-17-32-24-15-22(12-13-23(24)26(25)28)31-16-19-6-4-18(2)5-7-19/h4-13,15,17H,3,14,16H2,1-2H3. The molecule has 0 saturated heterocycles. The first-order valence-corrected chi connectivity index (χ1v) is 10.7. The van der Waals surface area contributed by atoms with E-state index in [-0.39, 0.29) is 11.2 Å². The summed E-state index contributed by atoms with van der Waals surface area (Å²) in [6, 6.07) is 19.6. The van der Waals surface area contributed by atoms with E-state index in [0.717, 1.165) is 12.0 Å². The second-order valence-electron chi connectivity index (χ2n) is 7.62. The first kappa shape index (κ1) is 22.1. The van der Waals surface area contributed by atoms with E-state index in [4.69, 9.17) is 18.6 Å². The van der Waals surface area contributed by atoms with Gasteiger partial charge < -0.3 is 18.6 Å². The van der Waals surface area contributed by atoms with E-state index in [1.54, 1.807) is 42.5 Å². The van der Waals surface area contributed by atoms with Gasteiger partial charge in [-0.3, -0.25) is 4.79 Å². The van der Waals surface area contributed by atoms with Crippen LogP contribution in [-0.4, -0.2) is 12.6 Å². The van der Waals surface area contributed by atoms with Crippen LogP contribution in [0.5, 0.6) is 17.2 Å².